The fraction of sp³-hybridized carbons (Fsp3) is 0. The minimum atomic E-state index is -1.23. The second-order valence-corrected chi connectivity index (χ2v) is 6.29. The Morgan fingerprint density at radius 1 is 0.897 bits per heavy atom. The first kappa shape index (κ1) is 18.2. The summed E-state index contributed by atoms with van der Waals surface area (Å²) >= 11 is 0. The van der Waals surface area contributed by atoms with Gasteiger partial charge in [-0.15, -0.1) is 0 Å². The van der Waals surface area contributed by atoms with E-state index in [1.165, 1.54) is 18.3 Å². The van der Waals surface area contributed by atoms with Gasteiger partial charge in [-0.1, -0.05) is 60.7 Å². The number of benzene rings is 3. The highest BCUT2D eigenvalue weighted by Crippen LogP contribution is 2.22. The number of carboxylic acid groups (broad SMARTS) is 1. The number of rotatable bonds is 5. The van der Waals surface area contributed by atoms with Gasteiger partial charge in [-0.2, -0.15) is 5.10 Å². The van der Waals surface area contributed by atoms with Gasteiger partial charge in [0.2, 0.25) is 0 Å². The number of hydrazone groups is 1. The number of fused-ring (bicyclic) bond motifs is 1. The van der Waals surface area contributed by atoms with E-state index in [1.807, 2.05) is 36.4 Å². The number of hydrogen-bond acceptors (Lipinski definition) is 5. The average molecular weight is 383 g/mol. The van der Waals surface area contributed by atoms with Gasteiger partial charge in [0.15, 0.2) is 0 Å². The lowest BCUT2D eigenvalue weighted by molar-refractivity contribution is -0.255. The van der Waals surface area contributed by atoms with Gasteiger partial charge in [0.1, 0.15) is 11.5 Å². The maximum atomic E-state index is 12.5. The molecule has 0 aliphatic rings. The van der Waals surface area contributed by atoms with Crippen LogP contribution in [0.3, 0.4) is 0 Å². The first-order valence-corrected chi connectivity index (χ1v) is 8.84. The monoisotopic (exact) mass is 383 g/mol. The van der Waals surface area contributed by atoms with E-state index >= 15 is 0 Å². The van der Waals surface area contributed by atoms with Crippen LogP contribution in [0.25, 0.3) is 22.1 Å². The van der Waals surface area contributed by atoms with Crippen molar-refractivity contribution in [3.05, 3.63) is 95.7 Å². The minimum Gasteiger partial charge on any atom is -0.545 e. The Kier molecular flexibility index (Phi) is 4.90. The fourth-order valence-electron chi connectivity index (χ4n) is 2.99. The number of aromatic carboxylic acids is 1. The summed E-state index contributed by atoms with van der Waals surface area (Å²) in [6, 6.07) is 22.8. The second-order valence-electron chi connectivity index (χ2n) is 6.29. The summed E-state index contributed by atoms with van der Waals surface area (Å²) in [7, 11) is 0. The van der Waals surface area contributed by atoms with Crippen LogP contribution < -0.4 is 10.5 Å². The van der Waals surface area contributed by atoms with Crippen LogP contribution in [0.1, 0.15) is 26.5 Å². The third-order valence-electron chi connectivity index (χ3n) is 4.42. The topological polar surface area (TPSA) is 94.7 Å². The smallest absolute Gasteiger partial charge is 0.271 e. The quantitative estimate of drug-likeness (QED) is 0.423. The zero-order valence-corrected chi connectivity index (χ0v) is 15.2. The summed E-state index contributed by atoms with van der Waals surface area (Å²) in [5.41, 5.74) is 3.86. The summed E-state index contributed by atoms with van der Waals surface area (Å²) < 4.78 is 5.66. The molecule has 0 aliphatic carbocycles. The molecule has 1 aromatic heterocycles. The number of nitrogens with one attached hydrogen (secondary N) is 1. The van der Waals surface area contributed by atoms with Gasteiger partial charge in [0.05, 0.1) is 12.2 Å². The van der Waals surface area contributed by atoms with Crippen LogP contribution in [-0.2, 0) is 0 Å². The lowest BCUT2D eigenvalue weighted by Gasteiger charge is -2.04. The van der Waals surface area contributed by atoms with E-state index in [-0.39, 0.29) is 11.5 Å². The summed E-state index contributed by atoms with van der Waals surface area (Å²) in [4.78, 5) is 23.3. The second kappa shape index (κ2) is 7.82. The maximum absolute atomic E-state index is 12.5. The van der Waals surface area contributed by atoms with Crippen molar-refractivity contribution in [3.8, 4) is 11.3 Å². The van der Waals surface area contributed by atoms with Gasteiger partial charge >= 0.3 is 0 Å². The largest absolute Gasteiger partial charge is 0.545 e. The van der Waals surface area contributed by atoms with Gasteiger partial charge in [0.25, 0.3) is 5.91 Å². The lowest BCUT2D eigenvalue weighted by Crippen LogP contribution is -2.21. The molecule has 0 bridgehead atoms. The van der Waals surface area contributed by atoms with E-state index in [2.05, 4.69) is 10.5 Å². The van der Waals surface area contributed by atoms with Crippen molar-refractivity contribution < 1.29 is 19.1 Å². The highest BCUT2D eigenvalue weighted by Gasteiger charge is 2.09. The van der Waals surface area contributed by atoms with Crippen LogP contribution >= 0.6 is 0 Å². The normalized spacial score (nSPS) is 11.0. The number of nitrogens with zero attached hydrogens (tertiary/aromatic N) is 1. The number of carboxylic acids is 1. The van der Waals surface area contributed by atoms with Crippen molar-refractivity contribution >= 4 is 28.9 Å². The predicted octanol–water partition coefficient (Wildman–Crippen LogP) is 3.23. The number of furan rings is 1. The molecule has 29 heavy (non-hydrogen) atoms. The third kappa shape index (κ3) is 3.91. The predicted molar refractivity (Wildman–Crippen MR) is 107 cm³/mol. The average Bonchev–Trinajstić information content (AvgIpc) is 3.22. The van der Waals surface area contributed by atoms with Crippen molar-refractivity contribution in [2.45, 2.75) is 0 Å². The lowest BCUT2D eigenvalue weighted by atomic mass is 10.0. The number of carbonyl (C=O) groups is 2. The SMILES string of the molecule is O=C([O-])c1ccc(-c2ccc(/C=N\NC(=O)c3cccc4ccccc34)o2)cc1. The zero-order valence-electron chi connectivity index (χ0n) is 15.2. The molecule has 0 unspecified atom stereocenters. The Hall–Kier alpha value is -4.19. The summed E-state index contributed by atoms with van der Waals surface area (Å²) in [6.07, 6.45) is 1.40. The van der Waals surface area contributed by atoms with Crippen molar-refractivity contribution in [1.82, 2.24) is 5.43 Å². The van der Waals surface area contributed by atoms with Crippen molar-refractivity contribution in [2.24, 2.45) is 5.10 Å². The van der Waals surface area contributed by atoms with Crippen LogP contribution in [-0.4, -0.2) is 18.1 Å². The summed E-state index contributed by atoms with van der Waals surface area (Å²) in [5.74, 6) is -0.549. The molecule has 1 amide bonds. The Morgan fingerprint density at radius 3 is 2.45 bits per heavy atom. The fourth-order valence-corrected chi connectivity index (χ4v) is 2.99. The molecule has 0 aliphatic heterocycles. The molecule has 0 saturated carbocycles. The van der Waals surface area contributed by atoms with Gasteiger partial charge in [0, 0.05) is 11.1 Å². The van der Waals surface area contributed by atoms with Crippen LogP contribution in [0.2, 0.25) is 0 Å². The van der Waals surface area contributed by atoms with Crippen molar-refractivity contribution in [3.63, 3.8) is 0 Å². The van der Waals surface area contributed by atoms with Crippen LogP contribution in [0, 0.1) is 0 Å². The molecule has 0 atom stereocenters. The Morgan fingerprint density at radius 2 is 1.66 bits per heavy atom. The first-order valence-electron chi connectivity index (χ1n) is 8.84. The molecule has 0 fully saturated rings. The molecule has 6 nitrogen and oxygen atoms in total. The third-order valence-corrected chi connectivity index (χ3v) is 4.42. The Bertz CT molecular complexity index is 1220. The highest BCUT2D eigenvalue weighted by molar-refractivity contribution is 6.07. The van der Waals surface area contributed by atoms with Gasteiger partial charge in [-0.05, 0) is 34.5 Å². The van der Waals surface area contributed by atoms with Crippen molar-refractivity contribution in [2.75, 3.05) is 0 Å². The van der Waals surface area contributed by atoms with Crippen molar-refractivity contribution in [1.29, 1.82) is 0 Å². The molecule has 4 rings (SSSR count). The Balaban J connectivity index is 1.46. The van der Waals surface area contributed by atoms with Gasteiger partial charge in [-0.3, -0.25) is 4.79 Å². The molecule has 1 N–H and O–H groups in total. The maximum Gasteiger partial charge on any atom is 0.271 e. The highest BCUT2D eigenvalue weighted by atomic mass is 16.4. The molecule has 0 radical (unpaired) electrons. The molecular weight excluding hydrogens is 368 g/mol. The molecule has 142 valence electrons. The van der Waals surface area contributed by atoms with E-state index in [0.717, 1.165) is 16.3 Å². The Labute approximate surface area is 166 Å². The van der Waals surface area contributed by atoms with Crippen LogP contribution in [0.4, 0.5) is 0 Å². The number of amides is 1. The molecule has 4 aromatic rings. The summed E-state index contributed by atoms with van der Waals surface area (Å²) in [6.45, 7) is 0. The summed E-state index contributed by atoms with van der Waals surface area (Å²) in [5, 5.41) is 16.6. The molecule has 1 heterocycles. The van der Waals surface area contributed by atoms with Crippen LogP contribution in [0.5, 0.6) is 0 Å². The van der Waals surface area contributed by atoms with E-state index in [4.69, 9.17) is 4.42 Å². The van der Waals surface area contributed by atoms with Gasteiger partial charge < -0.3 is 14.3 Å². The van der Waals surface area contributed by atoms with E-state index in [0.29, 0.717) is 17.1 Å². The molecule has 0 saturated heterocycles. The first-order chi connectivity index (χ1) is 14.1. The molecule has 0 spiro atoms. The van der Waals surface area contributed by atoms with Crippen LogP contribution in [0.15, 0.2) is 88.4 Å². The van der Waals surface area contributed by atoms with E-state index in [1.54, 1.807) is 30.3 Å². The molecule has 6 heteroatoms. The van der Waals surface area contributed by atoms with E-state index in [9.17, 15) is 14.7 Å². The number of hydrogen-bond donors (Lipinski definition) is 1. The minimum absolute atomic E-state index is 0.0956. The number of carbonyl (C=O) groups excluding carboxylic acids is 2. The molecule has 3 aromatic carbocycles. The zero-order chi connectivity index (χ0) is 20.2. The standard InChI is InChI=1S/C23H16N2O4/c26-22(20-7-3-5-15-4-1-2-6-19(15)20)25-24-14-18-12-13-21(29-18)16-8-10-17(11-9-16)23(27)28/h1-14H,(H,25,26)(H,27,28)/p-1/b24-14-. The molecular formula is C23H15N2O4-. The van der Waals surface area contributed by atoms with E-state index < -0.39 is 5.97 Å². The van der Waals surface area contributed by atoms with Gasteiger partial charge in [-0.25, -0.2) is 5.43 Å².